The van der Waals surface area contributed by atoms with Crippen molar-refractivity contribution in [3.8, 4) is 5.75 Å². The van der Waals surface area contributed by atoms with Crippen LogP contribution in [0.3, 0.4) is 0 Å². The van der Waals surface area contributed by atoms with E-state index in [2.05, 4.69) is 0 Å². The van der Waals surface area contributed by atoms with Crippen LogP contribution in [-0.4, -0.2) is 60.4 Å². The van der Waals surface area contributed by atoms with Gasteiger partial charge in [-0.15, -0.1) is 0 Å². The van der Waals surface area contributed by atoms with Crippen molar-refractivity contribution in [2.75, 3.05) is 33.8 Å². The molecule has 164 valence electrons. The molecule has 1 saturated heterocycles. The summed E-state index contributed by atoms with van der Waals surface area (Å²) in [5.41, 5.74) is 2.25. The first-order valence-electron chi connectivity index (χ1n) is 10.2. The Kier molecular flexibility index (Phi) is 7.03. The third-order valence-electron chi connectivity index (χ3n) is 5.23. The molecule has 1 heterocycles. The number of Topliss-reactive ketones (excluding diaryl/α,β-unsaturated/α-hetero) is 1. The number of rotatable bonds is 7. The van der Waals surface area contributed by atoms with Crippen molar-refractivity contribution in [3.05, 3.63) is 69.8 Å². The first-order valence-corrected chi connectivity index (χ1v) is 10.5. The Morgan fingerprint density at radius 3 is 2.42 bits per heavy atom. The molecular weight excluding hydrogens is 416 g/mol. The van der Waals surface area contributed by atoms with Crippen molar-refractivity contribution in [2.24, 2.45) is 0 Å². The van der Waals surface area contributed by atoms with Gasteiger partial charge in [0.2, 0.25) is 0 Å². The first kappa shape index (κ1) is 22.8. The smallest absolute Gasteiger partial charge is 0.295 e. The number of hydrogen-bond acceptors (Lipinski definition) is 5. The fourth-order valence-corrected chi connectivity index (χ4v) is 3.82. The zero-order chi connectivity index (χ0) is 22.7. The van der Waals surface area contributed by atoms with Gasteiger partial charge in [-0.1, -0.05) is 41.4 Å². The van der Waals surface area contributed by atoms with Crippen LogP contribution in [0.2, 0.25) is 5.02 Å². The molecule has 1 amide bonds. The maximum Gasteiger partial charge on any atom is 0.295 e. The Morgan fingerprint density at radius 2 is 1.84 bits per heavy atom. The van der Waals surface area contributed by atoms with Crippen LogP contribution in [-0.2, 0) is 9.59 Å². The van der Waals surface area contributed by atoms with Gasteiger partial charge in [-0.3, -0.25) is 9.59 Å². The summed E-state index contributed by atoms with van der Waals surface area (Å²) < 4.78 is 5.44. The summed E-state index contributed by atoms with van der Waals surface area (Å²) in [7, 11) is 3.80. The second-order valence-electron chi connectivity index (χ2n) is 7.78. The number of likely N-dealkylation sites (N-methyl/N-ethyl adjacent to an activating group) is 1. The predicted octanol–water partition coefficient (Wildman–Crippen LogP) is 4.03. The van der Waals surface area contributed by atoms with Gasteiger partial charge in [-0.05, 0) is 51.7 Å². The topological polar surface area (TPSA) is 70.1 Å². The average Bonchev–Trinajstić information content (AvgIpc) is 2.98. The number of carbonyl (C=O) groups is 2. The van der Waals surface area contributed by atoms with Crippen LogP contribution >= 0.6 is 11.6 Å². The van der Waals surface area contributed by atoms with Crippen LogP contribution in [0.5, 0.6) is 5.75 Å². The standard InChI is InChI=1S/C24H27ClN2O4/c1-5-31-19-11-10-17(14-18(19)25)22(28)20-21(16-8-6-15(2)7-9-16)27(13-12-26(3)4)24(30)23(20)29/h6-11,14,21,28H,5,12-13H2,1-4H3/b22-20-. The summed E-state index contributed by atoms with van der Waals surface area (Å²) in [6.07, 6.45) is 0. The van der Waals surface area contributed by atoms with E-state index in [1.54, 1.807) is 18.2 Å². The lowest BCUT2D eigenvalue weighted by molar-refractivity contribution is -0.140. The number of aliphatic hydroxyl groups excluding tert-OH is 1. The Labute approximate surface area is 187 Å². The molecule has 1 unspecified atom stereocenters. The van der Waals surface area contributed by atoms with E-state index < -0.39 is 17.7 Å². The van der Waals surface area contributed by atoms with Gasteiger partial charge in [-0.2, -0.15) is 0 Å². The molecule has 0 spiro atoms. The molecule has 1 aliphatic rings. The molecule has 0 aromatic heterocycles. The van der Waals surface area contributed by atoms with Gasteiger partial charge in [-0.25, -0.2) is 0 Å². The number of aliphatic hydroxyl groups is 1. The van der Waals surface area contributed by atoms with Gasteiger partial charge < -0.3 is 19.6 Å². The number of hydrogen-bond donors (Lipinski definition) is 1. The molecule has 2 aromatic rings. The van der Waals surface area contributed by atoms with E-state index in [0.29, 0.717) is 36.0 Å². The Hall–Kier alpha value is -2.83. The fourth-order valence-electron chi connectivity index (χ4n) is 3.59. The predicted molar refractivity (Wildman–Crippen MR) is 121 cm³/mol. The Balaban J connectivity index is 2.12. The Bertz CT molecular complexity index is 1010. The number of amides is 1. The summed E-state index contributed by atoms with van der Waals surface area (Å²) >= 11 is 6.28. The van der Waals surface area contributed by atoms with Crippen LogP contribution in [0.15, 0.2) is 48.0 Å². The normalized spacial score (nSPS) is 18.1. The van der Waals surface area contributed by atoms with E-state index in [4.69, 9.17) is 16.3 Å². The summed E-state index contributed by atoms with van der Waals surface area (Å²) in [6.45, 7) is 5.21. The molecule has 0 saturated carbocycles. The quantitative estimate of drug-likeness (QED) is 0.398. The molecule has 1 atom stereocenters. The zero-order valence-corrected chi connectivity index (χ0v) is 18.9. The molecule has 7 heteroatoms. The molecule has 1 fully saturated rings. The molecular formula is C24H27ClN2O4. The highest BCUT2D eigenvalue weighted by Crippen LogP contribution is 2.40. The minimum atomic E-state index is -0.702. The average molecular weight is 443 g/mol. The number of aryl methyl sites for hydroxylation is 1. The molecule has 0 aliphatic carbocycles. The van der Waals surface area contributed by atoms with Crippen molar-refractivity contribution in [2.45, 2.75) is 19.9 Å². The molecule has 31 heavy (non-hydrogen) atoms. The maximum absolute atomic E-state index is 13.0. The van der Waals surface area contributed by atoms with Crippen LogP contribution in [0.4, 0.5) is 0 Å². The lowest BCUT2D eigenvalue weighted by Crippen LogP contribution is -2.35. The van der Waals surface area contributed by atoms with Crippen molar-refractivity contribution >= 4 is 29.1 Å². The van der Waals surface area contributed by atoms with Crippen LogP contribution in [0, 0.1) is 6.92 Å². The summed E-state index contributed by atoms with van der Waals surface area (Å²) in [5.74, 6) is -1.08. The number of benzene rings is 2. The summed E-state index contributed by atoms with van der Waals surface area (Å²) in [6, 6.07) is 11.8. The lowest BCUT2D eigenvalue weighted by Gasteiger charge is -2.26. The van der Waals surface area contributed by atoms with Crippen molar-refractivity contribution in [1.29, 1.82) is 0 Å². The van der Waals surface area contributed by atoms with E-state index in [1.165, 1.54) is 4.90 Å². The van der Waals surface area contributed by atoms with E-state index in [-0.39, 0.29) is 11.3 Å². The zero-order valence-electron chi connectivity index (χ0n) is 18.2. The largest absolute Gasteiger partial charge is 0.507 e. The number of ketones is 1. The molecule has 1 N–H and O–H groups in total. The van der Waals surface area contributed by atoms with Crippen molar-refractivity contribution < 1.29 is 19.4 Å². The second-order valence-corrected chi connectivity index (χ2v) is 8.19. The van der Waals surface area contributed by atoms with E-state index in [1.807, 2.05) is 57.1 Å². The second kappa shape index (κ2) is 9.54. The van der Waals surface area contributed by atoms with Crippen LogP contribution in [0.1, 0.15) is 29.7 Å². The summed E-state index contributed by atoms with van der Waals surface area (Å²) in [4.78, 5) is 29.4. The molecule has 3 rings (SSSR count). The minimum absolute atomic E-state index is 0.0628. The Morgan fingerprint density at radius 1 is 1.16 bits per heavy atom. The molecule has 6 nitrogen and oxygen atoms in total. The van der Waals surface area contributed by atoms with Gasteiger partial charge >= 0.3 is 0 Å². The number of halogens is 1. The van der Waals surface area contributed by atoms with Gasteiger partial charge in [0.15, 0.2) is 0 Å². The van der Waals surface area contributed by atoms with E-state index in [0.717, 1.165) is 11.1 Å². The SMILES string of the molecule is CCOc1ccc(/C(O)=C2/C(=O)C(=O)N(CCN(C)C)C2c2ccc(C)cc2)cc1Cl. The third-order valence-corrected chi connectivity index (χ3v) is 5.52. The number of ether oxygens (including phenoxy) is 1. The highest BCUT2D eigenvalue weighted by molar-refractivity contribution is 6.46. The minimum Gasteiger partial charge on any atom is -0.507 e. The third kappa shape index (κ3) is 4.75. The molecule has 2 aromatic carbocycles. The van der Waals surface area contributed by atoms with Gasteiger partial charge in [0.1, 0.15) is 11.5 Å². The number of likely N-dealkylation sites (tertiary alicyclic amines) is 1. The van der Waals surface area contributed by atoms with Gasteiger partial charge in [0.25, 0.3) is 11.7 Å². The van der Waals surface area contributed by atoms with Gasteiger partial charge in [0, 0.05) is 18.7 Å². The van der Waals surface area contributed by atoms with Crippen molar-refractivity contribution in [3.63, 3.8) is 0 Å². The lowest BCUT2D eigenvalue weighted by atomic mass is 9.94. The van der Waals surface area contributed by atoms with Crippen molar-refractivity contribution in [1.82, 2.24) is 9.80 Å². The number of nitrogens with zero attached hydrogens (tertiary/aromatic N) is 2. The molecule has 0 radical (unpaired) electrons. The van der Waals surface area contributed by atoms with E-state index in [9.17, 15) is 14.7 Å². The van der Waals surface area contributed by atoms with Crippen LogP contribution < -0.4 is 4.74 Å². The molecule has 1 aliphatic heterocycles. The monoisotopic (exact) mass is 442 g/mol. The highest BCUT2D eigenvalue weighted by atomic mass is 35.5. The van der Waals surface area contributed by atoms with Gasteiger partial charge in [0.05, 0.1) is 23.2 Å². The molecule has 0 bridgehead atoms. The summed E-state index contributed by atoms with van der Waals surface area (Å²) in [5, 5.41) is 11.4. The maximum atomic E-state index is 13.0. The van der Waals surface area contributed by atoms with Crippen LogP contribution in [0.25, 0.3) is 5.76 Å². The fraction of sp³-hybridized carbons (Fsp3) is 0.333. The number of carbonyl (C=O) groups excluding carboxylic acids is 2. The first-order chi connectivity index (χ1) is 14.7. The highest BCUT2D eigenvalue weighted by Gasteiger charge is 2.45. The van der Waals surface area contributed by atoms with E-state index >= 15 is 0 Å².